The van der Waals surface area contributed by atoms with Gasteiger partial charge in [-0.25, -0.2) is 5.01 Å². The van der Waals surface area contributed by atoms with Gasteiger partial charge in [0.25, 0.3) is 0 Å². The molecule has 3 aliphatic rings. The number of para-hydroxylation sites is 1. The van der Waals surface area contributed by atoms with Crippen LogP contribution in [0, 0.1) is 5.92 Å². The first-order valence-corrected chi connectivity index (χ1v) is 10.3. The molecule has 5 rings (SSSR count). The molecule has 1 fully saturated rings. The van der Waals surface area contributed by atoms with Crippen LogP contribution in [-0.4, -0.2) is 16.4 Å². The number of benzene rings is 2. The molecule has 0 saturated heterocycles. The van der Waals surface area contributed by atoms with E-state index in [1.807, 2.05) is 0 Å². The Morgan fingerprint density at radius 2 is 1.81 bits per heavy atom. The summed E-state index contributed by atoms with van der Waals surface area (Å²) in [6.45, 7) is 2.35. The van der Waals surface area contributed by atoms with Crippen LogP contribution in [0.2, 0.25) is 0 Å². The van der Waals surface area contributed by atoms with E-state index in [2.05, 4.69) is 76.4 Å². The van der Waals surface area contributed by atoms with Crippen molar-refractivity contribution in [2.45, 2.75) is 50.8 Å². The number of halogens is 1. The van der Waals surface area contributed by atoms with Crippen molar-refractivity contribution in [3.8, 4) is 5.75 Å². The average molecular weight is 411 g/mol. The molecule has 1 unspecified atom stereocenters. The summed E-state index contributed by atoms with van der Waals surface area (Å²) in [4.78, 5) is 0. The first kappa shape index (κ1) is 16.4. The smallest absolute Gasteiger partial charge is 0.198 e. The molecule has 2 aromatic carbocycles. The van der Waals surface area contributed by atoms with Gasteiger partial charge in [0.15, 0.2) is 5.72 Å². The van der Waals surface area contributed by atoms with Gasteiger partial charge in [0, 0.05) is 29.3 Å². The molecule has 0 aromatic heterocycles. The number of hydrogen-bond acceptors (Lipinski definition) is 3. The summed E-state index contributed by atoms with van der Waals surface area (Å²) in [7, 11) is 0. The number of fused-ring (bicyclic) bond motifs is 4. The van der Waals surface area contributed by atoms with E-state index in [9.17, 15) is 0 Å². The maximum atomic E-state index is 6.64. The normalized spacial score (nSPS) is 29.8. The molecule has 2 aromatic rings. The fourth-order valence-electron chi connectivity index (χ4n) is 4.59. The van der Waals surface area contributed by atoms with Crippen molar-refractivity contribution in [2.75, 3.05) is 0 Å². The largest absolute Gasteiger partial charge is 0.466 e. The molecule has 0 radical (unpaired) electrons. The molecular weight excluding hydrogens is 388 g/mol. The number of hydrazone groups is 1. The van der Waals surface area contributed by atoms with E-state index in [-0.39, 0.29) is 11.8 Å². The molecule has 26 heavy (non-hydrogen) atoms. The molecule has 1 atom stereocenters. The van der Waals surface area contributed by atoms with Gasteiger partial charge in [-0.3, -0.25) is 0 Å². The van der Waals surface area contributed by atoms with Gasteiger partial charge in [0.1, 0.15) is 5.75 Å². The van der Waals surface area contributed by atoms with Crippen LogP contribution in [-0.2, 0) is 0 Å². The Kier molecular flexibility index (Phi) is 3.85. The third kappa shape index (κ3) is 2.58. The fraction of sp³-hybridized carbons (Fsp3) is 0.409. The molecule has 0 N–H and O–H groups in total. The lowest BCUT2D eigenvalue weighted by Gasteiger charge is -2.50. The minimum atomic E-state index is -0.275. The van der Waals surface area contributed by atoms with Gasteiger partial charge in [-0.05, 0) is 42.5 Å². The third-order valence-corrected chi connectivity index (χ3v) is 6.67. The molecule has 0 amide bonds. The van der Waals surface area contributed by atoms with Crippen molar-refractivity contribution in [1.29, 1.82) is 0 Å². The minimum Gasteiger partial charge on any atom is -0.466 e. The summed E-state index contributed by atoms with van der Waals surface area (Å²) < 4.78 is 7.74. The average Bonchev–Trinajstić information content (AvgIpc) is 3.12. The highest BCUT2D eigenvalue weighted by atomic mass is 79.9. The molecule has 0 bridgehead atoms. The summed E-state index contributed by atoms with van der Waals surface area (Å²) in [5, 5.41) is 7.42. The first-order chi connectivity index (χ1) is 12.6. The van der Waals surface area contributed by atoms with Gasteiger partial charge in [-0.15, -0.1) is 0 Å². The zero-order valence-electron chi connectivity index (χ0n) is 15.0. The van der Waals surface area contributed by atoms with Crippen LogP contribution in [0.1, 0.15) is 56.2 Å². The number of ether oxygens (including phenoxy) is 1. The molecule has 2 aliphatic heterocycles. The van der Waals surface area contributed by atoms with E-state index in [1.54, 1.807) is 0 Å². The zero-order valence-corrected chi connectivity index (χ0v) is 16.6. The Bertz CT molecular complexity index is 853. The van der Waals surface area contributed by atoms with Crippen LogP contribution in [0.3, 0.4) is 0 Å². The van der Waals surface area contributed by atoms with Crippen molar-refractivity contribution in [3.63, 3.8) is 0 Å². The quantitative estimate of drug-likeness (QED) is 0.584. The van der Waals surface area contributed by atoms with Gasteiger partial charge < -0.3 is 4.74 Å². The van der Waals surface area contributed by atoms with Gasteiger partial charge in [0.05, 0.1) is 11.8 Å². The summed E-state index contributed by atoms with van der Waals surface area (Å²) >= 11 is 3.53. The summed E-state index contributed by atoms with van der Waals surface area (Å²) in [6, 6.07) is 17.3. The Labute approximate surface area is 163 Å². The lowest BCUT2D eigenvalue weighted by atomic mass is 9.82. The van der Waals surface area contributed by atoms with Crippen LogP contribution < -0.4 is 4.74 Å². The monoisotopic (exact) mass is 410 g/mol. The zero-order chi connectivity index (χ0) is 17.7. The van der Waals surface area contributed by atoms with E-state index in [0.717, 1.165) is 35.4 Å². The van der Waals surface area contributed by atoms with Crippen LogP contribution in [0.4, 0.5) is 0 Å². The molecule has 4 heteroatoms. The van der Waals surface area contributed by atoms with Crippen LogP contribution in [0.15, 0.2) is 58.1 Å². The predicted octanol–water partition coefficient (Wildman–Crippen LogP) is 5.90. The van der Waals surface area contributed by atoms with Gasteiger partial charge in [-0.2, -0.15) is 5.10 Å². The summed E-state index contributed by atoms with van der Waals surface area (Å²) in [6.07, 6.45) is 5.45. The summed E-state index contributed by atoms with van der Waals surface area (Å²) in [5.74, 6) is 1.83. The lowest BCUT2D eigenvalue weighted by Crippen LogP contribution is -2.55. The first-order valence-electron chi connectivity index (χ1n) is 9.55. The number of rotatable bonds is 1. The van der Waals surface area contributed by atoms with E-state index in [0.29, 0.717) is 0 Å². The van der Waals surface area contributed by atoms with E-state index < -0.39 is 0 Å². The second kappa shape index (κ2) is 6.12. The second-order valence-corrected chi connectivity index (χ2v) is 8.80. The van der Waals surface area contributed by atoms with Gasteiger partial charge in [0.2, 0.25) is 0 Å². The minimum absolute atomic E-state index is 0.275. The molecule has 134 valence electrons. The topological polar surface area (TPSA) is 24.8 Å². The summed E-state index contributed by atoms with van der Waals surface area (Å²) in [5.41, 5.74) is 3.37. The molecule has 1 spiro atoms. The Morgan fingerprint density at radius 3 is 2.58 bits per heavy atom. The Hall–Kier alpha value is -1.81. The highest BCUT2D eigenvalue weighted by Gasteiger charge is 2.51. The van der Waals surface area contributed by atoms with Crippen LogP contribution >= 0.6 is 15.9 Å². The molecule has 1 aliphatic carbocycles. The highest BCUT2D eigenvalue weighted by Crippen LogP contribution is 2.51. The maximum Gasteiger partial charge on any atom is 0.198 e. The van der Waals surface area contributed by atoms with E-state index in [4.69, 9.17) is 9.84 Å². The number of hydrogen-bond donors (Lipinski definition) is 0. The van der Waals surface area contributed by atoms with E-state index >= 15 is 0 Å². The van der Waals surface area contributed by atoms with Crippen molar-refractivity contribution in [3.05, 3.63) is 64.1 Å². The van der Waals surface area contributed by atoms with Gasteiger partial charge in [-0.1, -0.05) is 53.2 Å². The Balaban J connectivity index is 1.57. The van der Waals surface area contributed by atoms with Gasteiger partial charge >= 0.3 is 0 Å². The highest BCUT2D eigenvalue weighted by molar-refractivity contribution is 9.10. The fourth-order valence-corrected chi connectivity index (χ4v) is 4.85. The predicted molar refractivity (Wildman–Crippen MR) is 107 cm³/mol. The second-order valence-electron chi connectivity index (χ2n) is 7.89. The lowest BCUT2D eigenvalue weighted by molar-refractivity contribution is -0.145. The number of nitrogens with zero attached hydrogens (tertiary/aromatic N) is 2. The maximum absolute atomic E-state index is 6.64. The SMILES string of the molecule is CC1CCC2(CC1)Oc1ccccc1C1CC(c3ccc(Br)cc3)=NN12. The third-order valence-electron chi connectivity index (χ3n) is 6.14. The van der Waals surface area contributed by atoms with Crippen molar-refractivity contribution in [2.24, 2.45) is 11.0 Å². The van der Waals surface area contributed by atoms with Crippen molar-refractivity contribution >= 4 is 21.6 Å². The van der Waals surface area contributed by atoms with Crippen LogP contribution in [0.25, 0.3) is 0 Å². The standard InChI is InChI=1S/C22H23BrN2O/c1-15-10-12-22(13-11-15)25-20(18-4-2-3-5-21(18)26-22)14-19(24-25)16-6-8-17(23)9-7-16/h2-9,15,20H,10-14H2,1H3. The van der Waals surface area contributed by atoms with E-state index in [1.165, 1.54) is 29.7 Å². The van der Waals surface area contributed by atoms with Crippen LogP contribution in [0.5, 0.6) is 5.75 Å². The van der Waals surface area contributed by atoms with Crippen molar-refractivity contribution < 1.29 is 4.74 Å². The molecule has 2 heterocycles. The molecule has 3 nitrogen and oxygen atoms in total. The van der Waals surface area contributed by atoms with Crippen molar-refractivity contribution in [1.82, 2.24) is 5.01 Å². The molecular formula is C22H23BrN2O. The Morgan fingerprint density at radius 1 is 1.08 bits per heavy atom. The molecule has 1 saturated carbocycles.